The van der Waals surface area contributed by atoms with E-state index in [4.69, 9.17) is 9.84 Å². The lowest BCUT2D eigenvalue weighted by Crippen LogP contribution is -2.35. The summed E-state index contributed by atoms with van der Waals surface area (Å²) in [6.07, 6.45) is -0.313. The van der Waals surface area contributed by atoms with Crippen molar-refractivity contribution in [2.45, 2.75) is 39.7 Å². The van der Waals surface area contributed by atoms with E-state index in [0.29, 0.717) is 27.7 Å². The van der Waals surface area contributed by atoms with Crippen molar-refractivity contribution in [2.24, 2.45) is 0 Å². The Kier molecular flexibility index (Phi) is 6.62. The summed E-state index contributed by atoms with van der Waals surface area (Å²) in [5.74, 6) is -2.38. The summed E-state index contributed by atoms with van der Waals surface area (Å²) >= 11 is 0. The predicted molar refractivity (Wildman–Crippen MR) is 118 cm³/mol. The van der Waals surface area contributed by atoms with Crippen LogP contribution in [0.5, 0.6) is 5.75 Å². The van der Waals surface area contributed by atoms with Crippen LogP contribution in [0.4, 0.5) is 4.39 Å². The lowest BCUT2D eigenvalue weighted by atomic mass is 10.1. The van der Waals surface area contributed by atoms with Crippen LogP contribution in [0, 0.1) is 19.7 Å². The summed E-state index contributed by atoms with van der Waals surface area (Å²) in [5.41, 5.74) is 2.79. The number of amides is 1. The largest absolute Gasteiger partial charge is 0.494 e. The van der Waals surface area contributed by atoms with Crippen molar-refractivity contribution < 1.29 is 28.6 Å². The zero-order valence-electron chi connectivity index (χ0n) is 18.4. The Morgan fingerprint density at radius 1 is 1.16 bits per heavy atom. The molecule has 0 saturated carbocycles. The molecule has 1 aromatic heterocycles. The average molecular weight is 440 g/mol. The second-order valence-electron chi connectivity index (χ2n) is 7.82. The van der Waals surface area contributed by atoms with Crippen LogP contribution in [0.1, 0.15) is 40.5 Å². The molecule has 32 heavy (non-hydrogen) atoms. The highest BCUT2D eigenvalue weighted by molar-refractivity contribution is 6.05. The van der Waals surface area contributed by atoms with Gasteiger partial charge in [-0.1, -0.05) is 17.7 Å². The van der Waals surface area contributed by atoms with Gasteiger partial charge in [-0.2, -0.15) is 0 Å². The van der Waals surface area contributed by atoms with Crippen LogP contribution < -0.4 is 10.1 Å². The third kappa shape index (κ3) is 4.64. The van der Waals surface area contributed by atoms with Crippen molar-refractivity contribution in [3.8, 4) is 5.75 Å². The van der Waals surface area contributed by atoms with E-state index in [1.54, 1.807) is 26.0 Å². The molecule has 1 heterocycles. The van der Waals surface area contributed by atoms with Gasteiger partial charge in [-0.25, -0.2) is 4.39 Å². The fourth-order valence-corrected chi connectivity index (χ4v) is 3.75. The molecule has 0 aliphatic heterocycles. The molecule has 7 nitrogen and oxygen atoms in total. The first-order valence-corrected chi connectivity index (χ1v) is 10.1. The van der Waals surface area contributed by atoms with E-state index < -0.39 is 23.7 Å². The predicted octanol–water partition coefficient (Wildman–Crippen LogP) is 3.62. The number of aryl methyl sites for hydroxylation is 1. The summed E-state index contributed by atoms with van der Waals surface area (Å²) in [6.45, 7) is 5.20. The van der Waals surface area contributed by atoms with E-state index in [9.17, 15) is 18.8 Å². The van der Waals surface area contributed by atoms with Gasteiger partial charge in [0.2, 0.25) is 5.91 Å². The first-order chi connectivity index (χ1) is 15.1. The molecule has 8 heteroatoms. The maximum absolute atomic E-state index is 14.5. The molecule has 0 bridgehead atoms. The first-order valence-electron chi connectivity index (χ1n) is 10.1. The summed E-state index contributed by atoms with van der Waals surface area (Å²) in [5, 5.41) is 12.1. The Labute approximate surface area is 184 Å². The number of carbonyl (C=O) groups is 3. The van der Waals surface area contributed by atoms with Crippen molar-refractivity contribution in [1.29, 1.82) is 0 Å². The zero-order chi connectivity index (χ0) is 23.6. The van der Waals surface area contributed by atoms with Gasteiger partial charge in [0.05, 0.1) is 25.5 Å². The number of hydrogen-bond donors (Lipinski definition) is 2. The number of fused-ring (bicyclic) bond motifs is 1. The quantitative estimate of drug-likeness (QED) is 0.585. The summed E-state index contributed by atoms with van der Waals surface area (Å²) in [7, 11) is 1.34. The summed E-state index contributed by atoms with van der Waals surface area (Å²) < 4.78 is 21.0. The van der Waals surface area contributed by atoms with E-state index >= 15 is 0 Å². The molecule has 2 aromatic carbocycles. The number of carboxylic acids is 1. The van der Waals surface area contributed by atoms with Gasteiger partial charge in [0.15, 0.2) is 11.6 Å². The summed E-state index contributed by atoms with van der Waals surface area (Å²) in [4.78, 5) is 36.8. The van der Waals surface area contributed by atoms with Crippen LogP contribution in [-0.4, -0.2) is 40.6 Å². The molecule has 1 unspecified atom stereocenters. The normalized spacial score (nSPS) is 11.9. The SMILES string of the molecule is COc1cc2c(CC(=O)NC(C)CC(=O)O)c(C)n(C(=O)c3ccc(C)cc3)c2cc1F. The molecular weight excluding hydrogens is 415 g/mol. The lowest BCUT2D eigenvalue weighted by Gasteiger charge is -2.12. The van der Waals surface area contributed by atoms with Crippen LogP contribution in [0.2, 0.25) is 0 Å². The van der Waals surface area contributed by atoms with Crippen molar-refractivity contribution >= 4 is 28.7 Å². The highest BCUT2D eigenvalue weighted by Gasteiger charge is 2.24. The zero-order valence-corrected chi connectivity index (χ0v) is 18.4. The number of rotatable bonds is 7. The highest BCUT2D eigenvalue weighted by Crippen LogP contribution is 2.32. The number of aliphatic carboxylic acids is 1. The molecule has 0 saturated heterocycles. The number of halogens is 1. The number of nitrogens with one attached hydrogen (secondary N) is 1. The van der Waals surface area contributed by atoms with Crippen LogP contribution in [0.25, 0.3) is 10.9 Å². The van der Waals surface area contributed by atoms with Crippen molar-refractivity contribution in [3.05, 3.63) is 64.6 Å². The Bertz CT molecular complexity index is 1200. The smallest absolute Gasteiger partial charge is 0.305 e. The van der Waals surface area contributed by atoms with Crippen LogP contribution in [0.15, 0.2) is 36.4 Å². The Morgan fingerprint density at radius 3 is 2.41 bits per heavy atom. The number of carboxylic acid groups (broad SMARTS) is 1. The number of benzene rings is 2. The molecule has 0 spiro atoms. The number of hydrogen-bond acceptors (Lipinski definition) is 4. The Balaban J connectivity index is 2.08. The molecule has 0 fully saturated rings. The van der Waals surface area contributed by atoms with E-state index in [0.717, 1.165) is 5.56 Å². The average Bonchev–Trinajstić information content (AvgIpc) is 2.97. The van der Waals surface area contributed by atoms with Gasteiger partial charge in [-0.3, -0.25) is 19.0 Å². The van der Waals surface area contributed by atoms with Gasteiger partial charge in [0.1, 0.15) is 0 Å². The van der Waals surface area contributed by atoms with Crippen molar-refractivity contribution in [2.75, 3.05) is 7.11 Å². The number of nitrogens with zero attached hydrogens (tertiary/aromatic N) is 1. The van der Waals surface area contributed by atoms with Crippen LogP contribution in [-0.2, 0) is 16.0 Å². The molecule has 0 aliphatic rings. The summed E-state index contributed by atoms with van der Waals surface area (Å²) in [6, 6.07) is 9.16. The fourth-order valence-electron chi connectivity index (χ4n) is 3.75. The van der Waals surface area contributed by atoms with Gasteiger partial charge in [-0.05, 0) is 44.5 Å². The van der Waals surface area contributed by atoms with E-state index in [-0.39, 0.29) is 24.5 Å². The molecule has 1 amide bonds. The lowest BCUT2D eigenvalue weighted by molar-refractivity contribution is -0.137. The minimum absolute atomic E-state index is 0.00154. The highest BCUT2D eigenvalue weighted by atomic mass is 19.1. The van der Waals surface area contributed by atoms with Crippen LogP contribution >= 0.6 is 0 Å². The van der Waals surface area contributed by atoms with E-state index in [1.807, 2.05) is 19.1 Å². The Hall–Kier alpha value is -3.68. The third-order valence-electron chi connectivity index (χ3n) is 5.34. The number of aromatic nitrogens is 1. The molecule has 1 atom stereocenters. The van der Waals surface area contributed by atoms with E-state index in [2.05, 4.69) is 5.32 Å². The monoisotopic (exact) mass is 440 g/mol. The second-order valence-corrected chi connectivity index (χ2v) is 7.82. The Morgan fingerprint density at radius 2 is 1.81 bits per heavy atom. The van der Waals surface area contributed by atoms with Gasteiger partial charge >= 0.3 is 5.97 Å². The molecular formula is C24H25FN2O5. The molecule has 3 aromatic rings. The molecule has 168 valence electrons. The number of carbonyl (C=O) groups excluding carboxylic acids is 2. The standard InChI is InChI=1S/C24H25FN2O5/c1-13-5-7-16(8-6-13)24(31)27-15(3)17(11-22(28)26-14(2)9-23(29)30)18-10-21(32-4)19(25)12-20(18)27/h5-8,10,12,14H,9,11H2,1-4H3,(H,26,28)(H,29,30). The van der Waals surface area contributed by atoms with Crippen molar-refractivity contribution in [3.63, 3.8) is 0 Å². The molecule has 3 rings (SSSR count). The fraction of sp³-hybridized carbons (Fsp3) is 0.292. The van der Waals surface area contributed by atoms with Crippen molar-refractivity contribution in [1.82, 2.24) is 9.88 Å². The second kappa shape index (κ2) is 9.21. The molecule has 0 radical (unpaired) electrons. The number of methoxy groups -OCH3 is 1. The maximum atomic E-state index is 14.5. The minimum Gasteiger partial charge on any atom is -0.494 e. The van der Waals surface area contributed by atoms with Gasteiger partial charge in [0, 0.05) is 28.8 Å². The van der Waals surface area contributed by atoms with Crippen LogP contribution in [0.3, 0.4) is 0 Å². The van der Waals surface area contributed by atoms with Gasteiger partial charge < -0.3 is 15.2 Å². The molecule has 0 aliphatic carbocycles. The first kappa shape index (κ1) is 23.0. The number of ether oxygens (including phenoxy) is 1. The van der Waals surface area contributed by atoms with E-state index in [1.165, 1.54) is 23.8 Å². The minimum atomic E-state index is -1.02. The topological polar surface area (TPSA) is 97.6 Å². The molecule has 2 N–H and O–H groups in total. The third-order valence-corrected chi connectivity index (χ3v) is 5.34. The van der Waals surface area contributed by atoms with Gasteiger partial charge in [-0.15, -0.1) is 0 Å². The van der Waals surface area contributed by atoms with Gasteiger partial charge in [0.25, 0.3) is 5.91 Å². The maximum Gasteiger partial charge on any atom is 0.305 e.